The van der Waals surface area contributed by atoms with Crippen molar-refractivity contribution in [2.24, 2.45) is 5.73 Å². The lowest BCUT2D eigenvalue weighted by Gasteiger charge is -2.14. The van der Waals surface area contributed by atoms with Crippen molar-refractivity contribution in [1.82, 2.24) is 5.32 Å². The number of hydrogen-bond donors (Lipinski definition) is 2. The third kappa shape index (κ3) is 5.59. The van der Waals surface area contributed by atoms with E-state index in [0.29, 0.717) is 18.9 Å². The van der Waals surface area contributed by atoms with E-state index in [4.69, 9.17) is 15.2 Å². The number of amides is 1. The van der Waals surface area contributed by atoms with Crippen molar-refractivity contribution < 1.29 is 14.3 Å². The maximum Gasteiger partial charge on any atom is 0.257 e. The molecule has 5 heteroatoms. The van der Waals surface area contributed by atoms with Gasteiger partial charge in [-0.1, -0.05) is 17.7 Å². The molecule has 112 valence electrons. The summed E-state index contributed by atoms with van der Waals surface area (Å²) >= 11 is 0. The van der Waals surface area contributed by atoms with Crippen LogP contribution in [0.3, 0.4) is 0 Å². The Morgan fingerprint density at radius 2 is 2.20 bits per heavy atom. The number of methoxy groups -OCH3 is 1. The topological polar surface area (TPSA) is 73.6 Å². The van der Waals surface area contributed by atoms with Gasteiger partial charge in [-0.25, -0.2) is 0 Å². The van der Waals surface area contributed by atoms with Crippen molar-refractivity contribution in [3.63, 3.8) is 0 Å². The summed E-state index contributed by atoms with van der Waals surface area (Å²) in [7, 11) is 1.64. The van der Waals surface area contributed by atoms with E-state index in [2.05, 4.69) is 5.32 Å². The Hall–Kier alpha value is -1.59. The first-order valence-electron chi connectivity index (χ1n) is 6.79. The summed E-state index contributed by atoms with van der Waals surface area (Å²) in [6.45, 7) is 5.11. The van der Waals surface area contributed by atoms with Gasteiger partial charge >= 0.3 is 0 Å². The van der Waals surface area contributed by atoms with Crippen molar-refractivity contribution in [2.45, 2.75) is 26.3 Å². The van der Waals surface area contributed by atoms with E-state index in [-0.39, 0.29) is 18.6 Å². The van der Waals surface area contributed by atoms with E-state index in [0.717, 1.165) is 17.5 Å². The molecule has 1 atom stereocenters. The number of benzene rings is 1. The molecule has 0 aliphatic heterocycles. The van der Waals surface area contributed by atoms with Crippen molar-refractivity contribution in [3.8, 4) is 5.75 Å². The molecule has 1 amide bonds. The third-order valence-corrected chi connectivity index (χ3v) is 2.86. The number of carbonyl (C=O) groups excluding carboxylic acids is 1. The van der Waals surface area contributed by atoms with Crippen LogP contribution in [0.2, 0.25) is 0 Å². The zero-order valence-corrected chi connectivity index (χ0v) is 12.4. The first-order valence-corrected chi connectivity index (χ1v) is 6.79. The minimum Gasteiger partial charge on any atom is -0.483 e. The molecule has 1 aromatic rings. The van der Waals surface area contributed by atoms with Crippen LogP contribution in [-0.2, 0) is 9.53 Å². The van der Waals surface area contributed by atoms with Crippen molar-refractivity contribution in [1.29, 1.82) is 0 Å². The Labute approximate surface area is 120 Å². The fourth-order valence-electron chi connectivity index (χ4n) is 1.79. The van der Waals surface area contributed by atoms with Crippen molar-refractivity contribution in [2.75, 3.05) is 26.9 Å². The van der Waals surface area contributed by atoms with Crippen LogP contribution in [0.15, 0.2) is 18.2 Å². The summed E-state index contributed by atoms with van der Waals surface area (Å²) in [6, 6.07) is 5.65. The maximum atomic E-state index is 11.6. The number of ether oxygens (including phenoxy) is 2. The molecule has 0 saturated heterocycles. The van der Waals surface area contributed by atoms with E-state index in [9.17, 15) is 4.79 Å². The summed E-state index contributed by atoms with van der Waals surface area (Å²) in [5, 5.41) is 2.77. The number of nitrogens with two attached hydrogens (primary N) is 1. The van der Waals surface area contributed by atoms with Gasteiger partial charge in [-0.05, 0) is 26.3 Å². The van der Waals surface area contributed by atoms with Crippen LogP contribution in [0.25, 0.3) is 0 Å². The second kappa shape index (κ2) is 8.55. The standard InChI is InChI=1S/C15H24N2O3/c1-11-5-6-14(13(9-11)12(2)16)20-10-15(18)17-7-4-8-19-3/h5-6,9,12H,4,7-8,10,16H2,1-3H3,(H,17,18)/t12-/m0/s1. The molecule has 0 aliphatic rings. The zero-order valence-electron chi connectivity index (χ0n) is 12.4. The molecular formula is C15H24N2O3. The summed E-state index contributed by atoms with van der Waals surface area (Å²) in [5.74, 6) is 0.523. The Morgan fingerprint density at radius 1 is 1.45 bits per heavy atom. The van der Waals surface area contributed by atoms with Crippen LogP contribution in [0, 0.1) is 6.92 Å². The van der Waals surface area contributed by atoms with Gasteiger partial charge in [0.2, 0.25) is 0 Å². The molecule has 1 rings (SSSR count). The molecule has 0 saturated carbocycles. The molecule has 0 radical (unpaired) electrons. The third-order valence-electron chi connectivity index (χ3n) is 2.86. The second-order valence-corrected chi connectivity index (χ2v) is 4.81. The van der Waals surface area contributed by atoms with Crippen LogP contribution < -0.4 is 15.8 Å². The Kier molecular flexibility index (Phi) is 7.04. The summed E-state index contributed by atoms with van der Waals surface area (Å²) in [4.78, 5) is 11.6. The number of carbonyl (C=O) groups is 1. The minimum atomic E-state index is -0.141. The highest BCUT2D eigenvalue weighted by molar-refractivity contribution is 5.77. The molecule has 5 nitrogen and oxygen atoms in total. The molecule has 0 aliphatic carbocycles. The lowest BCUT2D eigenvalue weighted by Crippen LogP contribution is -2.30. The summed E-state index contributed by atoms with van der Waals surface area (Å²) in [5.41, 5.74) is 7.94. The lowest BCUT2D eigenvalue weighted by atomic mass is 10.1. The minimum absolute atomic E-state index is 0.00420. The fraction of sp³-hybridized carbons (Fsp3) is 0.533. The number of rotatable bonds is 8. The highest BCUT2D eigenvalue weighted by Gasteiger charge is 2.10. The highest BCUT2D eigenvalue weighted by atomic mass is 16.5. The first-order chi connectivity index (χ1) is 9.54. The number of hydrogen-bond acceptors (Lipinski definition) is 4. The smallest absolute Gasteiger partial charge is 0.257 e. The molecule has 0 fully saturated rings. The van der Waals surface area contributed by atoms with Crippen molar-refractivity contribution in [3.05, 3.63) is 29.3 Å². The van der Waals surface area contributed by atoms with Gasteiger partial charge in [0.1, 0.15) is 5.75 Å². The van der Waals surface area contributed by atoms with Gasteiger partial charge in [0.15, 0.2) is 6.61 Å². The van der Waals surface area contributed by atoms with E-state index >= 15 is 0 Å². The molecule has 0 aromatic heterocycles. The number of aryl methyl sites for hydroxylation is 1. The van der Waals surface area contributed by atoms with Crippen LogP contribution in [0.5, 0.6) is 5.75 Å². The van der Waals surface area contributed by atoms with Crippen LogP contribution in [-0.4, -0.2) is 32.8 Å². The van der Waals surface area contributed by atoms with Crippen molar-refractivity contribution >= 4 is 5.91 Å². The predicted octanol–water partition coefficient (Wildman–Crippen LogP) is 1.55. The maximum absolute atomic E-state index is 11.6. The normalized spacial score (nSPS) is 12.0. The van der Waals surface area contributed by atoms with E-state index in [1.54, 1.807) is 7.11 Å². The van der Waals surface area contributed by atoms with Gasteiger partial charge < -0.3 is 20.5 Å². The molecule has 0 unspecified atom stereocenters. The monoisotopic (exact) mass is 280 g/mol. The SMILES string of the molecule is COCCCNC(=O)COc1ccc(C)cc1[C@H](C)N. The summed E-state index contributed by atoms with van der Waals surface area (Å²) in [6.07, 6.45) is 0.790. The lowest BCUT2D eigenvalue weighted by molar-refractivity contribution is -0.123. The first kappa shape index (κ1) is 16.5. The van der Waals surface area contributed by atoms with Crippen LogP contribution in [0.4, 0.5) is 0 Å². The quantitative estimate of drug-likeness (QED) is 0.709. The highest BCUT2D eigenvalue weighted by Crippen LogP contribution is 2.24. The Bertz CT molecular complexity index is 433. The second-order valence-electron chi connectivity index (χ2n) is 4.81. The molecule has 20 heavy (non-hydrogen) atoms. The largest absolute Gasteiger partial charge is 0.483 e. The molecule has 0 heterocycles. The molecule has 3 N–H and O–H groups in total. The van der Waals surface area contributed by atoms with E-state index in [1.807, 2.05) is 32.0 Å². The van der Waals surface area contributed by atoms with E-state index in [1.165, 1.54) is 0 Å². The molecule has 0 bridgehead atoms. The van der Waals surface area contributed by atoms with Gasteiger partial charge in [-0.15, -0.1) is 0 Å². The average molecular weight is 280 g/mol. The molecule has 1 aromatic carbocycles. The van der Waals surface area contributed by atoms with Gasteiger partial charge in [0.05, 0.1) is 0 Å². The average Bonchev–Trinajstić information content (AvgIpc) is 2.42. The predicted molar refractivity (Wildman–Crippen MR) is 78.8 cm³/mol. The van der Waals surface area contributed by atoms with Gasteiger partial charge in [-0.2, -0.15) is 0 Å². The number of nitrogens with one attached hydrogen (secondary N) is 1. The zero-order chi connectivity index (χ0) is 15.0. The van der Waals surface area contributed by atoms with Gasteiger partial charge in [0, 0.05) is 31.9 Å². The fourth-order valence-corrected chi connectivity index (χ4v) is 1.79. The molecular weight excluding hydrogens is 256 g/mol. The van der Waals surface area contributed by atoms with Crippen LogP contribution >= 0.6 is 0 Å². The summed E-state index contributed by atoms with van der Waals surface area (Å²) < 4.78 is 10.5. The Morgan fingerprint density at radius 3 is 2.85 bits per heavy atom. The molecule has 0 spiro atoms. The Balaban J connectivity index is 2.47. The van der Waals surface area contributed by atoms with Gasteiger partial charge in [-0.3, -0.25) is 4.79 Å². The van der Waals surface area contributed by atoms with E-state index < -0.39 is 0 Å². The van der Waals surface area contributed by atoms with Crippen LogP contribution in [0.1, 0.15) is 30.5 Å². The van der Waals surface area contributed by atoms with Gasteiger partial charge in [0.25, 0.3) is 5.91 Å².